The molecular formula is C14H22N2O. The third kappa shape index (κ3) is 2.86. The highest BCUT2D eigenvalue weighted by molar-refractivity contribution is 5.29. The first-order valence-electron chi connectivity index (χ1n) is 6.40. The second-order valence-corrected chi connectivity index (χ2v) is 4.88. The Morgan fingerprint density at radius 3 is 2.59 bits per heavy atom. The first-order valence-corrected chi connectivity index (χ1v) is 6.40. The number of hydrogen-bond donors (Lipinski definition) is 2. The lowest BCUT2D eigenvalue weighted by molar-refractivity contribution is 0.0620. The highest BCUT2D eigenvalue weighted by Gasteiger charge is 2.24. The number of hydrogen-bond acceptors (Lipinski definition) is 3. The van der Waals surface area contributed by atoms with E-state index in [0.29, 0.717) is 12.6 Å². The molecule has 1 unspecified atom stereocenters. The van der Waals surface area contributed by atoms with Gasteiger partial charge < -0.3 is 10.8 Å². The molecular weight excluding hydrogens is 212 g/mol. The molecule has 1 fully saturated rings. The Bertz CT molecular complexity index is 359. The Kier molecular flexibility index (Phi) is 4.15. The first kappa shape index (κ1) is 12.6. The van der Waals surface area contributed by atoms with Crippen molar-refractivity contribution in [3.63, 3.8) is 0 Å². The molecule has 1 aromatic carbocycles. The van der Waals surface area contributed by atoms with E-state index >= 15 is 0 Å². The van der Waals surface area contributed by atoms with Crippen LogP contribution in [-0.4, -0.2) is 35.7 Å². The number of nitrogens with zero attached hydrogens (tertiary/aromatic N) is 1. The molecule has 94 valence electrons. The average Bonchev–Trinajstić information content (AvgIpc) is 2.35. The molecule has 3 N–H and O–H groups in total. The number of nitrogens with two attached hydrogens (primary N) is 1. The zero-order valence-corrected chi connectivity index (χ0v) is 10.5. The van der Waals surface area contributed by atoms with Crippen LogP contribution in [0, 0.1) is 6.92 Å². The quantitative estimate of drug-likeness (QED) is 0.832. The van der Waals surface area contributed by atoms with Crippen LogP contribution < -0.4 is 5.73 Å². The summed E-state index contributed by atoms with van der Waals surface area (Å²) in [6.07, 6.45) is 1.60. The number of piperidine rings is 1. The summed E-state index contributed by atoms with van der Waals surface area (Å²) in [5, 5.41) is 9.55. The van der Waals surface area contributed by atoms with Gasteiger partial charge in [-0.05, 0) is 30.9 Å². The van der Waals surface area contributed by atoms with Gasteiger partial charge in [-0.3, -0.25) is 4.90 Å². The van der Waals surface area contributed by atoms with E-state index in [4.69, 9.17) is 5.73 Å². The normalized spacial score (nSPS) is 20.4. The smallest absolute Gasteiger partial charge is 0.0564 e. The third-order valence-corrected chi connectivity index (χ3v) is 3.71. The highest BCUT2D eigenvalue weighted by Crippen LogP contribution is 2.25. The fourth-order valence-electron chi connectivity index (χ4n) is 2.63. The summed E-state index contributed by atoms with van der Waals surface area (Å²) >= 11 is 0. The molecule has 2 rings (SSSR count). The van der Waals surface area contributed by atoms with Gasteiger partial charge in [-0.15, -0.1) is 0 Å². The zero-order valence-electron chi connectivity index (χ0n) is 10.5. The minimum absolute atomic E-state index is 0.124. The summed E-state index contributed by atoms with van der Waals surface area (Å²) in [5.41, 5.74) is 8.56. The molecule has 1 aliphatic rings. The van der Waals surface area contributed by atoms with E-state index in [0.717, 1.165) is 25.9 Å². The molecule has 0 saturated carbocycles. The molecule has 0 bridgehead atoms. The van der Waals surface area contributed by atoms with Crippen molar-refractivity contribution in [1.82, 2.24) is 4.90 Å². The van der Waals surface area contributed by atoms with Crippen LogP contribution in [-0.2, 0) is 0 Å². The maximum atomic E-state index is 9.55. The van der Waals surface area contributed by atoms with Crippen LogP contribution >= 0.6 is 0 Å². The molecule has 0 aliphatic carbocycles. The van der Waals surface area contributed by atoms with Gasteiger partial charge in [-0.2, -0.15) is 0 Å². The first-order chi connectivity index (χ1) is 8.22. The summed E-state index contributed by atoms with van der Waals surface area (Å²) in [6, 6.07) is 8.73. The lowest BCUT2D eigenvalue weighted by atomic mass is 9.97. The van der Waals surface area contributed by atoms with Crippen molar-refractivity contribution in [2.24, 2.45) is 5.73 Å². The van der Waals surface area contributed by atoms with Crippen LogP contribution in [0.4, 0.5) is 0 Å². The van der Waals surface area contributed by atoms with Crippen molar-refractivity contribution in [3.05, 3.63) is 35.4 Å². The molecule has 0 radical (unpaired) electrons. The Morgan fingerprint density at radius 1 is 1.35 bits per heavy atom. The number of rotatable bonds is 3. The van der Waals surface area contributed by atoms with Gasteiger partial charge >= 0.3 is 0 Å². The summed E-state index contributed by atoms with van der Waals surface area (Å²) in [6.45, 7) is 4.66. The van der Waals surface area contributed by atoms with E-state index < -0.39 is 0 Å². The van der Waals surface area contributed by atoms with Gasteiger partial charge in [-0.25, -0.2) is 0 Å². The van der Waals surface area contributed by atoms with Crippen molar-refractivity contribution in [2.45, 2.75) is 31.9 Å². The second-order valence-electron chi connectivity index (χ2n) is 4.88. The van der Waals surface area contributed by atoms with Gasteiger partial charge in [0.25, 0.3) is 0 Å². The van der Waals surface area contributed by atoms with Gasteiger partial charge in [0.1, 0.15) is 0 Å². The van der Waals surface area contributed by atoms with Crippen LogP contribution in [0.1, 0.15) is 30.0 Å². The fourth-order valence-corrected chi connectivity index (χ4v) is 2.63. The van der Waals surface area contributed by atoms with E-state index in [1.165, 1.54) is 11.1 Å². The van der Waals surface area contributed by atoms with Crippen molar-refractivity contribution in [2.75, 3.05) is 19.6 Å². The maximum absolute atomic E-state index is 9.55. The highest BCUT2D eigenvalue weighted by atomic mass is 16.3. The number of likely N-dealkylation sites (tertiary alicyclic amines) is 1. The SMILES string of the molecule is Cc1ccccc1C(CN)N1CCC(O)CC1. The topological polar surface area (TPSA) is 49.5 Å². The molecule has 0 amide bonds. The summed E-state index contributed by atoms with van der Waals surface area (Å²) in [4.78, 5) is 2.40. The van der Waals surface area contributed by atoms with E-state index in [2.05, 4.69) is 36.1 Å². The van der Waals surface area contributed by atoms with Crippen LogP contribution in [0.2, 0.25) is 0 Å². The van der Waals surface area contributed by atoms with Crippen molar-refractivity contribution >= 4 is 0 Å². The Balaban J connectivity index is 2.14. The Morgan fingerprint density at radius 2 is 2.00 bits per heavy atom. The molecule has 3 heteroatoms. The van der Waals surface area contributed by atoms with Crippen LogP contribution in [0.3, 0.4) is 0 Å². The molecule has 0 aromatic heterocycles. The summed E-state index contributed by atoms with van der Waals surface area (Å²) < 4.78 is 0. The zero-order chi connectivity index (χ0) is 12.3. The standard InChI is InChI=1S/C14H22N2O/c1-11-4-2-3-5-13(11)14(10-15)16-8-6-12(17)7-9-16/h2-5,12,14,17H,6-10,15H2,1H3. The molecule has 1 aliphatic heterocycles. The Hall–Kier alpha value is -0.900. The molecule has 1 atom stereocenters. The average molecular weight is 234 g/mol. The predicted molar refractivity (Wildman–Crippen MR) is 69.8 cm³/mol. The van der Waals surface area contributed by atoms with E-state index in [-0.39, 0.29) is 6.10 Å². The fraction of sp³-hybridized carbons (Fsp3) is 0.571. The number of aliphatic hydroxyl groups excluding tert-OH is 1. The summed E-state index contributed by atoms with van der Waals surface area (Å²) in [7, 11) is 0. The molecule has 17 heavy (non-hydrogen) atoms. The van der Waals surface area contributed by atoms with Crippen molar-refractivity contribution in [1.29, 1.82) is 0 Å². The number of benzene rings is 1. The molecule has 1 heterocycles. The van der Waals surface area contributed by atoms with Gasteiger partial charge in [0.05, 0.1) is 6.10 Å². The van der Waals surface area contributed by atoms with Gasteiger partial charge in [0.2, 0.25) is 0 Å². The number of aryl methyl sites for hydroxylation is 1. The van der Waals surface area contributed by atoms with Crippen molar-refractivity contribution < 1.29 is 5.11 Å². The van der Waals surface area contributed by atoms with E-state index in [1.807, 2.05) is 0 Å². The molecule has 1 aromatic rings. The third-order valence-electron chi connectivity index (χ3n) is 3.71. The van der Waals surface area contributed by atoms with Crippen LogP contribution in [0.25, 0.3) is 0 Å². The van der Waals surface area contributed by atoms with Gasteiger partial charge in [0, 0.05) is 25.7 Å². The lowest BCUT2D eigenvalue weighted by Gasteiger charge is -2.36. The molecule has 1 saturated heterocycles. The van der Waals surface area contributed by atoms with Crippen LogP contribution in [0.15, 0.2) is 24.3 Å². The van der Waals surface area contributed by atoms with Crippen LogP contribution in [0.5, 0.6) is 0 Å². The lowest BCUT2D eigenvalue weighted by Crippen LogP contribution is -2.41. The Labute approximate surface area is 103 Å². The molecule has 3 nitrogen and oxygen atoms in total. The summed E-state index contributed by atoms with van der Waals surface area (Å²) in [5.74, 6) is 0. The second kappa shape index (κ2) is 5.63. The maximum Gasteiger partial charge on any atom is 0.0564 e. The predicted octanol–water partition coefficient (Wildman–Crippen LogP) is 1.45. The number of aliphatic hydroxyl groups is 1. The van der Waals surface area contributed by atoms with Crippen molar-refractivity contribution in [3.8, 4) is 0 Å². The van der Waals surface area contributed by atoms with E-state index in [1.54, 1.807) is 0 Å². The monoisotopic (exact) mass is 234 g/mol. The van der Waals surface area contributed by atoms with E-state index in [9.17, 15) is 5.11 Å². The minimum atomic E-state index is -0.124. The molecule has 0 spiro atoms. The van der Waals surface area contributed by atoms with Gasteiger partial charge in [0.15, 0.2) is 0 Å². The van der Waals surface area contributed by atoms with Gasteiger partial charge in [-0.1, -0.05) is 24.3 Å². The minimum Gasteiger partial charge on any atom is -0.393 e. The largest absolute Gasteiger partial charge is 0.393 e.